The molecule has 0 aromatic rings. The molecule has 8 bridgehead atoms. The zero-order valence-electron chi connectivity index (χ0n) is 51.0. The Morgan fingerprint density at radius 3 is 0.940 bits per heavy atom. The Hall–Kier alpha value is 0.303. The smallest absolute Gasteiger partial charge is 0.369 e. The van der Waals surface area contributed by atoms with Crippen LogP contribution in [0.3, 0.4) is 0 Å². The molecule has 10 unspecified atom stereocenters. The number of carbonyl (C=O) groups is 2. The van der Waals surface area contributed by atoms with Gasteiger partial charge >= 0.3 is 109 Å². The number of nitrogens with one attached hydrogen (secondary N) is 2. The lowest BCUT2D eigenvalue weighted by Crippen LogP contribution is -2.91. The minimum absolute atomic E-state index is 0.00416. The molecule has 0 aliphatic carbocycles. The molecule has 0 saturated carbocycles. The van der Waals surface area contributed by atoms with E-state index in [1.807, 2.05) is 0 Å². The first kappa shape index (κ1) is 73.4. The second-order valence-electron chi connectivity index (χ2n) is 21.7. The molecule has 2 amide bonds. The summed E-state index contributed by atoms with van der Waals surface area (Å²) in [7, 11) is -70.6. The van der Waals surface area contributed by atoms with E-state index in [2.05, 4.69) is 10.6 Å². The van der Waals surface area contributed by atoms with Gasteiger partial charge in [-0.1, -0.05) is 0 Å². The van der Waals surface area contributed by atoms with Crippen LogP contribution in [0.25, 0.3) is 0 Å². The molecule has 84 heavy (non-hydrogen) atoms. The fourth-order valence-electron chi connectivity index (χ4n) is 7.77. The van der Waals surface area contributed by atoms with Gasteiger partial charge in [-0.15, -0.1) is 0 Å². The summed E-state index contributed by atoms with van der Waals surface area (Å²) in [6, 6.07) is 0. The fourth-order valence-corrected chi connectivity index (χ4v) is 58.9. The van der Waals surface area contributed by atoms with E-state index in [1.54, 1.807) is 83.1 Å². The van der Waals surface area contributed by atoms with Crippen molar-refractivity contribution in [2.75, 3.05) is 26.3 Å². The number of amides is 2. The lowest BCUT2D eigenvalue weighted by molar-refractivity contribution is -0.164. The molecule has 47 heteroatoms. The molecule has 6 aliphatic rings. The molecule has 0 radical (unpaired) electrons. The molecule has 10 atom stereocenters. The maximum Gasteiger partial charge on any atom is 0.668 e. The van der Waals surface area contributed by atoms with Crippen molar-refractivity contribution in [3.05, 3.63) is 0 Å². The highest BCUT2D eigenvalue weighted by atomic mass is 28.7. The van der Waals surface area contributed by atoms with Gasteiger partial charge in [0.25, 0.3) is 0 Å². The van der Waals surface area contributed by atoms with Crippen LogP contribution < -0.4 is 10.6 Å². The summed E-state index contributed by atoms with van der Waals surface area (Å²) in [5.41, 5.74) is 0. The normalized spacial score (nSPS) is 36.8. The van der Waals surface area contributed by atoms with Crippen LogP contribution in [0.5, 0.6) is 0 Å². The lowest BCUT2D eigenvalue weighted by atomic mass is 10.4. The molecule has 2 spiro atoms. The summed E-state index contributed by atoms with van der Waals surface area (Å²) < 4.78 is 190. The Bertz CT molecular complexity index is 2200. The van der Waals surface area contributed by atoms with Crippen molar-refractivity contribution in [1.82, 2.24) is 10.6 Å². The molecule has 6 saturated heterocycles. The molecule has 0 aromatic carbocycles. The average Bonchev–Trinajstić information content (AvgIpc) is 0.949. The Morgan fingerprint density at radius 2 is 0.607 bits per heavy atom. The van der Waals surface area contributed by atoms with Crippen molar-refractivity contribution in [2.45, 2.75) is 206 Å². The third-order valence-electron chi connectivity index (χ3n) is 9.66. The van der Waals surface area contributed by atoms with Gasteiger partial charge in [0.15, 0.2) is 0 Å². The molecule has 5 N–H and O–H groups in total. The minimum atomic E-state index is -6.30. The van der Waals surface area contributed by atoms with Crippen LogP contribution in [0, 0.1) is 0 Å². The van der Waals surface area contributed by atoms with Gasteiger partial charge in [0, 0.05) is 95.1 Å². The molecule has 6 heterocycles. The van der Waals surface area contributed by atoms with Crippen LogP contribution in [0.15, 0.2) is 0 Å². The Morgan fingerprint density at radius 1 is 0.333 bits per heavy atom. The minimum Gasteiger partial charge on any atom is -0.369 e. The SMILES string of the molecule is CC(=O)NCCCO[Si]12O[Si](O)(OC(C)C)O[Si]3(O)O[Si](O)(OC(C)C)O[Si]4(OC(C)C)O[Si]5(OCCCNC(C)=O)O[Si](OC(C)C)(OC(C)C)O[Si]6(OC(C)C)O[Si](OC(C)C)(OC(C)C)O[Si](OC(C)C)(O1)O[Si](O5)(O6)O[Si](O3)(O2)O4. The highest BCUT2D eigenvalue weighted by Gasteiger charge is 2.92. The van der Waals surface area contributed by atoms with Crippen LogP contribution in [0.4, 0.5) is 0 Å². The number of carbonyl (C=O) groups excluding carboxylic acids is 2. The summed E-state index contributed by atoms with van der Waals surface area (Å²) in [5.74, 6) is -0.775. The van der Waals surface area contributed by atoms with Crippen LogP contribution in [-0.4, -0.2) is 216 Å². The Labute approximate surface area is 503 Å². The Kier molecular flexibility index (Phi) is 24.7. The highest BCUT2D eigenvalue weighted by Crippen LogP contribution is 2.51. The molecule has 35 nitrogen and oxygen atoms in total. The third kappa shape index (κ3) is 19.9. The monoisotopic (exact) mass is 1420 g/mol. The van der Waals surface area contributed by atoms with E-state index in [0.29, 0.717) is 0 Å². The van der Waals surface area contributed by atoms with Gasteiger partial charge in [-0.25, -0.2) is 0 Å². The summed E-state index contributed by atoms with van der Waals surface area (Å²) in [5, 5.41) is 5.35. The number of hydrogen-bond acceptors (Lipinski definition) is 33. The quantitative estimate of drug-likeness (QED) is 0.0525. The third-order valence-corrected chi connectivity index (χ3v) is 51.9. The first-order valence-corrected chi connectivity index (χ1v) is 47.3. The molecule has 490 valence electrons. The summed E-state index contributed by atoms with van der Waals surface area (Å²) in [6.45, 7) is 29.8. The number of rotatable bonds is 28. The van der Waals surface area contributed by atoms with E-state index >= 15 is 0 Å². The average molecular weight is 1420 g/mol. The fraction of sp³-hybridized carbons (Fsp3) is 0.946. The van der Waals surface area contributed by atoms with Gasteiger partial charge in [0.05, 0.1) is 0 Å². The maximum absolute atomic E-state index is 13.0. The number of fused-ring (bicyclic) bond motifs is 6. The lowest BCUT2D eigenvalue weighted by Gasteiger charge is -2.57. The van der Waals surface area contributed by atoms with E-state index in [0.717, 1.165) is 0 Å². The van der Waals surface area contributed by atoms with Crippen molar-refractivity contribution >= 4 is 120 Å². The van der Waals surface area contributed by atoms with Gasteiger partial charge in [-0.3, -0.25) is 9.59 Å². The second-order valence-corrected chi connectivity index (χ2v) is 50.4. The highest BCUT2D eigenvalue weighted by molar-refractivity contribution is 6.98. The van der Waals surface area contributed by atoms with Gasteiger partial charge < -0.3 is 144 Å². The van der Waals surface area contributed by atoms with Crippen LogP contribution in [-0.2, 0) is 128 Å². The predicted molar refractivity (Wildman–Crippen MR) is 299 cm³/mol. The first-order valence-electron chi connectivity index (χ1n) is 27.6. The number of hydrogen-bond donors (Lipinski definition) is 5. The predicted octanol–water partition coefficient (Wildman–Crippen LogP) is 0.465. The van der Waals surface area contributed by atoms with Crippen LogP contribution in [0.2, 0.25) is 0 Å². The molecular formula is C37H86N2O33Si12. The molecular weight excluding hydrogens is 1340 g/mol. The maximum atomic E-state index is 13.0. The zero-order chi connectivity index (χ0) is 62.8. The zero-order valence-corrected chi connectivity index (χ0v) is 63.0. The molecule has 6 aliphatic heterocycles. The van der Waals surface area contributed by atoms with Crippen LogP contribution >= 0.6 is 0 Å². The molecule has 0 aromatic heterocycles. The standard InChI is InChI=1S/C37H86N2O33Si12/c1-27(2)47-73(42)56-75(44)57-74(43,48-28(3)4)59-80(53-33(13)14)63-77(46-26-22-24-39-37(20)41)61-78(49-29(5)6,50-30(7)8)66-82(55-35(17)18)68-79(51-31(9)10,52-32(11)12)67-81(54-34(15)16)62-76(58-73,45-25-21-23-38-36(19)40)64-83(60-75,69-80)72-84(65-77,70-81)71-82/h27-35,42-44H,21-26H2,1-20H3,(H,38,40)(H,39,41). The van der Waals surface area contributed by atoms with Gasteiger partial charge in [-0.05, 0) is 137 Å². The first-order chi connectivity index (χ1) is 38.6. The topological polar surface area (TPSA) is 377 Å². The van der Waals surface area contributed by atoms with E-state index < -0.39 is 183 Å². The summed E-state index contributed by atoms with van der Waals surface area (Å²) in [6.07, 6.45) is -8.81. The van der Waals surface area contributed by atoms with Crippen molar-refractivity contribution in [3.8, 4) is 0 Å². The van der Waals surface area contributed by atoms with Crippen molar-refractivity contribution in [1.29, 1.82) is 0 Å². The van der Waals surface area contributed by atoms with Gasteiger partial charge in [0.1, 0.15) is 0 Å². The van der Waals surface area contributed by atoms with E-state index in [9.17, 15) is 24.0 Å². The van der Waals surface area contributed by atoms with Crippen molar-refractivity contribution in [3.63, 3.8) is 0 Å². The van der Waals surface area contributed by atoms with Crippen molar-refractivity contribution < 1.29 is 143 Å². The van der Waals surface area contributed by atoms with E-state index in [1.165, 1.54) is 55.4 Å². The Balaban J connectivity index is 1.87. The molecule has 6 fully saturated rings. The van der Waals surface area contributed by atoms with Gasteiger partial charge in [-0.2, -0.15) is 0 Å². The van der Waals surface area contributed by atoms with E-state index in [-0.39, 0.29) is 31.8 Å². The van der Waals surface area contributed by atoms with Crippen molar-refractivity contribution in [2.24, 2.45) is 0 Å². The van der Waals surface area contributed by atoms with Gasteiger partial charge in [0.2, 0.25) is 11.8 Å². The molecule has 6 rings (SSSR count). The van der Waals surface area contributed by atoms with Crippen LogP contribution in [0.1, 0.15) is 151 Å². The summed E-state index contributed by atoms with van der Waals surface area (Å²) >= 11 is 0. The summed E-state index contributed by atoms with van der Waals surface area (Å²) in [4.78, 5) is 63.1. The largest absolute Gasteiger partial charge is 0.668 e. The second kappa shape index (κ2) is 28.3. The van der Waals surface area contributed by atoms with E-state index in [4.69, 9.17) is 119 Å².